The standard InChI is InChI=1S/C47H61N3O6S2/c1-7-36(2)30-32-55-50(42(51)29-28-37-20-12-8-13-21-37)46(43(52)53,31-33-57-6)48-34-41(49-44(54)56-45(3,4)5)35-58-47(38-22-14-9-15-23-38,39-24-16-10-17-25-39)40-26-18-11-19-27-40/h8-27,36,41,48H,7,28-35H2,1-6H3,(H,49,54)(H,52,53)/t36-,41?,46-/m0/s1. The van der Waals surface area contributed by atoms with E-state index in [1.807, 2.05) is 91.2 Å². The Morgan fingerprint density at radius 2 is 1.33 bits per heavy atom. The average Bonchev–Trinajstić information content (AvgIpc) is 3.22. The summed E-state index contributed by atoms with van der Waals surface area (Å²) in [7, 11) is 0. The number of nitrogens with one attached hydrogen (secondary N) is 2. The molecule has 9 nitrogen and oxygen atoms in total. The van der Waals surface area contributed by atoms with Crippen molar-refractivity contribution in [3.05, 3.63) is 144 Å². The lowest BCUT2D eigenvalue weighted by Gasteiger charge is -2.41. The zero-order chi connectivity index (χ0) is 42.0. The molecule has 4 rings (SSSR count). The van der Waals surface area contributed by atoms with Gasteiger partial charge in [-0.2, -0.15) is 16.8 Å². The predicted octanol–water partition coefficient (Wildman–Crippen LogP) is 9.56. The summed E-state index contributed by atoms with van der Waals surface area (Å²) in [6.45, 7) is 9.75. The second-order valence-electron chi connectivity index (χ2n) is 15.5. The maximum absolute atomic E-state index is 14.3. The van der Waals surface area contributed by atoms with Crippen molar-refractivity contribution >= 4 is 41.5 Å². The van der Waals surface area contributed by atoms with Gasteiger partial charge in [-0.15, -0.1) is 11.8 Å². The smallest absolute Gasteiger partial charge is 0.407 e. The van der Waals surface area contributed by atoms with Crippen molar-refractivity contribution in [3.8, 4) is 0 Å². The van der Waals surface area contributed by atoms with E-state index in [1.165, 1.54) is 11.8 Å². The van der Waals surface area contributed by atoms with Gasteiger partial charge in [-0.05, 0) is 73.8 Å². The Morgan fingerprint density at radius 1 is 0.810 bits per heavy atom. The van der Waals surface area contributed by atoms with Gasteiger partial charge in [-0.25, -0.2) is 9.59 Å². The molecule has 0 fully saturated rings. The molecule has 0 saturated heterocycles. The van der Waals surface area contributed by atoms with Crippen LogP contribution in [0.2, 0.25) is 0 Å². The molecule has 2 amide bonds. The van der Waals surface area contributed by atoms with Crippen LogP contribution in [0.5, 0.6) is 0 Å². The van der Waals surface area contributed by atoms with Gasteiger partial charge in [0, 0.05) is 25.1 Å². The molecule has 0 saturated carbocycles. The van der Waals surface area contributed by atoms with Crippen LogP contribution in [0.3, 0.4) is 0 Å². The average molecular weight is 828 g/mol. The summed E-state index contributed by atoms with van der Waals surface area (Å²) in [4.78, 5) is 47.8. The van der Waals surface area contributed by atoms with Gasteiger partial charge in [0.15, 0.2) is 0 Å². The molecule has 0 aliphatic carbocycles. The highest BCUT2D eigenvalue weighted by molar-refractivity contribution is 8.00. The van der Waals surface area contributed by atoms with Gasteiger partial charge < -0.3 is 15.2 Å². The Kier molecular flexibility index (Phi) is 18.2. The van der Waals surface area contributed by atoms with Gasteiger partial charge >= 0.3 is 12.1 Å². The van der Waals surface area contributed by atoms with E-state index >= 15 is 0 Å². The van der Waals surface area contributed by atoms with Crippen molar-refractivity contribution < 1.29 is 29.1 Å². The number of hydrogen-bond donors (Lipinski definition) is 3. The predicted molar refractivity (Wildman–Crippen MR) is 238 cm³/mol. The first-order valence-corrected chi connectivity index (χ1v) is 22.5. The summed E-state index contributed by atoms with van der Waals surface area (Å²) in [5, 5.41) is 18.6. The summed E-state index contributed by atoms with van der Waals surface area (Å²) < 4.78 is 5.04. The normalized spacial score (nSPS) is 13.8. The Bertz CT molecular complexity index is 1730. The van der Waals surface area contributed by atoms with Crippen LogP contribution in [-0.2, 0) is 30.3 Å². The SMILES string of the molecule is CC[C@H](C)CCON(C(=O)CCc1ccccc1)[C@](CCSC)(NCC(CSC(c1ccccc1)(c1ccccc1)c1ccccc1)NC(=O)OC(C)(C)C)C(=O)O. The highest BCUT2D eigenvalue weighted by Gasteiger charge is 2.48. The highest BCUT2D eigenvalue weighted by atomic mass is 32.2. The third-order valence-electron chi connectivity index (χ3n) is 10.00. The van der Waals surface area contributed by atoms with E-state index in [4.69, 9.17) is 9.57 Å². The molecule has 3 N–H and O–H groups in total. The second kappa shape index (κ2) is 22.8. The molecule has 3 atom stereocenters. The topological polar surface area (TPSA) is 117 Å². The molecule has 0 radical (unpaired) electrons. The third kappa shape index (κ3) is 13.1. The van der Waals surface area contributed by atoms with Crippen molar-refractivity contribution in [3.63, 3.8) is 0 Å². The van der Waals surface area contributed by atoms with Crippen LogP contribution in [-0.4, -0.2) is 76.4 Å². The van der Waals surface area contributed by atoms with E-state index in [0.29, 0.717) is 30.3 Å². The van der Waals surface area contributed by atoms with E-state index in [9.17, 15) is 19.5 Å². The number of aryl methyl sites for hydroxylation is 1. The van der Waals surface area contributed by atoms with Gasteiger partial charge in [-0.3, -0.25) is 14.9 Å². The van der Waals surface area contributed by atoms with Crippen molar-refractivity contribution in [2.75, 3.05) is 30.9 Å². The molecule has 4 aromatic rings. The molecule has 0 bridgehead atoms. The summed E-state index contributed by atoms with van der Waals surface area (Å²) in [6, 6.07) is 39.7. The number of hydroxylamine groups is 2. The molecule has 0 aliphatic heterocycles. The fourth-order valence-corrected chi connectivity index (χ4v) is 8.69. The third-order valence-corrected chi connectivity index (χ3v) is 12.3. The van der Waals surface area contributed by atoms with Crippen molar-refractivity contribution in [2.24, 2.45) is 5.92 Å². The number of rotatable bonds is 23. The number of alkyl carbamates (subject to hydrolysis) is 1. The minimum absolute atomic E-state index is 0.0153. The van der Waals surface area contributed by atoms with Crippen molar-refractivity contribution in [1.82, 2.24) is 15.7 Å². The molecule has 0 aromatic heterocycles. The van der Waals surface area contributed by atoms with Crippen molar-refractivity contribution in [1.29, 1.82) is 0 Å². The maximum atomic E-state index is 14.3. The Labute approximate surface area is 354 Å². The van der Waals surface area contributed by atoms with Crippen LogP contribution in [0.15, 0.2) is 121 Å². The van der Waals surface area contributed by atoms with E-state index in [2.05, 4.69) is 60.9 Å². The van der Waals surface area contributed by atoms with Crippen molar-refractivity contribution in [2.45, 2.75) is 88.8 Å². The van der Waals surface area contributed by atoms with E-state index in [-0.39, 0.29) is 26.0 Å². The summed E-state index contributed by atoms with van der Waals surface area (Å²) in [5.74, 6) is -0.604. The first kappa shape index (κ1) is 46.4. The van der Waals surface area contributed by atoms with Crippen LogP contribution in [0.1, 0.15) is 82.6 Å². The number of hydrogen-bond acceptors (Lipinski definition) is 8. The van der Waals surface area contributed by atoms with Gasteiger partial charge in [0.2, 0.25) is 11.6 Å². The summed E-state index contributed by atoms with van der Waals surface area (Å²) >= 11 is 3.12. The minimum atomic E-state index is -1.94. The second-order valence-corrected chi connectivity index (χ2v) is 17.8. The lowest BCUT2D eigenvalue weighted by molar-refractivity contribution is -0.236. The number of carbonyl (C=O) groups is 3. The van der Waals surface area contributed by atoms with Crippen LogP contribution in [0.4, 0.5) is 4.79 Å². The number of carboxylic acids is 1. The lowest BCUT2D eigenvalue weighted by Crippen LogP contribution is -2.67. The Morgan fingerprint density at radius 3 is 1.79 bits per heavy atom. The number of carboxylic acid groups (broad SMARTS) is 1. The molecule has 1 unspecified atom stereocenters. The van der Waals surface area contributed by atoms with E-state index < -0.39 is 40.0 Å². The number of carbonyl (C=O) groups excluding carboxylic acids is 2. The number of thioether (sulfide) groups is 2. The lowest BCUT2D eigenvalue weighted by atomic mass is 9.84. The van der Waals surface area contributed by atoms with Gasteiger partial charge in [0.05, 0.1) is 17.4 Å². The van der Waals surface area contributed by atoms with Crippen LogP contribution in [0.25, 0.3) is 0 Å². The summed E-state index contributed by atoms with van der Waals surface area (Å²) in [5.41, 5.74) is 1.39. The molecule has 11 heteroatoms. The number of benzene rings is 4. The first-order valence-electron chi connectivity index (χ1n) is 20.1. The number of aliphatic carboxylic acids is 1. The fraction of sp³-hybridized carbons (Fsp3) is 0.426. The Hall–Kier alpha value is -4.29. The van der Waals surface area contributed by atoms with Crippen LogP contribution >= 0.6 is 23.5 Å². The van der Waals surface area contributed by atoms with Gasteiger partial charge in [-0.1, -0.05) is 142 Å². The highest BCUT2D eigenvalue weighted by Crippen LogP contribution is 2.48. The summed E-state index contributed by atoms with van der Waals surface area (Å²) in [6.07, 6.45) is 3.37. The quantitative estimate of drug-likeness (QED) is 0.0382. The van der Waals surface area contributed by atoms with Gasteiger partial charge in [0.25, 0.3) is 0 Å². The number of amides is 2. The van der Waals surface area contributed by atoms with Gasteiger partial charge in [0.1, 0.15) is 5.60 Å². The molecular formula is C47H61N3O6S2. The zero-order valence-electron chi connectivity index (χ0n) is 34.8. The molecule has 58 heavy (non-hydrogen) atoms. The van der Waals surface area contributed by atoms with E-state index in [1.54, 1.807) is 32.5 Å². The maximum Gasteiger partial charge on any atom is 0.407 e. The van der Waals surface area contributed by atoms with Crippen LogP contribution < -0.4 is 10.6 Å². The number of ether oxygens (including phenoxy) is 1. The van der Waals surface area contributed by atoms with Crippen LogP contribution in [0, 0.1) is 5.92 Å². The van der Waals surface area contributed by atoms with E-state index in [0.717, 1.165) is 33.7 Å². The first-order chi connectivity index (χ1) is 27.8. The molecule has 312 valence electrons. The number of nitrogens with zero attached hydrogens (tertiary/aromatic N) is 1. The molecule has 0 aliphatic rings. The minimum Gasteiger partial charge on any atom is -0.478 e. The zero-order valence-corrected chi connectivity index (χ0v) is 36.5. The molecule has 0 heterocycles. The molecule has 4 aromatic carbocycles. The fourth-order valence-electron chi connectivity index (χ4n) is 6.63. The molecular weight excluding hydrogens is 767 g/mol. The molecule has 0 spiro atoms. The monoisotopic (exact) mass is 827 g/mol. The Balaban J connectivity index is 1.77. The largest absolute Gasteiger partial charge is 0.478 e.